The van der Waals surface area contributed by atoms with Gasteiger partial charge >= 0.3 is 0 Å². The average Bonchev–Trinajstić information content (AvgIpc) is 2.69. The minimum absolute atomic E-state index is 0.0821. The Labute approximate surface area is 147 Å². The molecule has 0 bridgehead atoms. The van der Waals surface area contributed by atoms with Gasteiger partial charge in [-0.3, -0.25) is 9.36 Å². The van der Waals surface area contributed by atoms with Gasteiger partial charge in [0.1, 0.15) is 0 Å². The fourth-order valence-corrected chi connectivity index (χ4v) is 3.97. The lowest BCUT2D eigenvalue weighted by Crippen LogP contribution is -2.44. The minimum atomic E-state index is 0.0821. The Morgan fingerprint density at radius 1 is 1.08 bits per heavy atom. The predicted molar refractivity (Wildman–Crippen MR) is 102 cm³/mol. The first-order chi connectivity index (χ1) is 12.3. The van der Waals surface area contributed by atoms with Crippen LogP contribution in [0.25, 0.3) is 10.9 Å². The summed E-state index contributed by atoms with van der Waals surface area (Å²) in [5.41, 5.74) is 2.13. The highest BCUT2D eigenvalue weighted by Crippen LogP contribution is 2.31. The molecule has 128 valence electrons. The maximum Gasteiger partial charge on any atom is 0.261 e. The zero-order valence-corrected chi connectivity index (χ0v) is 14.5. The van der Waals surface area contributed by atoms with Gasteiger partial charge in [-0.05, 0) is 43.5 Å². The molecule has 1 aliphatic heterocycles. The third kappa shape index (κ3) is 2.93. The third-order valence-corrected chi connectivity index (χ3v) is 5.33. The smallest absolute Gasteiger partial charge is 0.261 e. The molecule has 0 N–H and O–H groups in total. The van der Waals surface area contributed by atoms with Crippen LogP contribution in [-0.4, -0.2) is 22.1 Å². The second-order valence-corrected chi connectivity index (χ2v) is 6.74. The highest BCUT2D eigenvalue weighted by molar-refractivity contribution is 5.76. The Kier molecular flexibility index (Phi) is 4.26. The summed E-state index contributed by atoms with van der Waals surface area (Å²) in [6, 6.07) is 18.8. The summed E-state index contributed by atoms with van der Waals surface area (Å²) >= 11 is 0. The molecule has 2 atom stereocenters. The molecule has 0 spiro atoms. The van der Waals surface area contributed by atoms with Crippen LogP contribution in [0.3, 0.4) is 0 Å². The summed E-state index contributed by atoms with van der Waals surface area (Å²) in [5.74, 6) is 0. The molecular formula is C21H23N3O. The van der Waals surface area contributed by atoms with Gasteiger partial charge in [-0.2, -0.15) is 0 Å². The normalized spacial score (nSPS) is 20.8. The molecule has 0 saturated carbocycles. The topological polar surface area (TPSA) is 38.1 Å². The Bertz CT molecular complexity index is 919. The van der Waals surface area contributed by atoms with E-state index in [1.54, 1.807) is 6.33 Å². The van der Waals surface area contributed by atoms with Gasteiger partial charge < -0.3 is 4.90 Å². The van der Waals surface area contributed by atoms with Gasteiger partial charge in [0.2, 0.25) is 0 Å². The summed E-state index contributed by atoms with van der Waals surface area (Å²) in [5, 5.41) is 0.712. The first-order valence-corrected chi connectivity index (χ1v) is 9.05. The molecule has 2 unspecified atom stereocenters. The van der Waals surface area contributed by atoms with Crippen LogP contribution < -0.4 is 10.5 Å². The van der Waals surface area contributed by atoms with Crippen molar-refractivity contribution in [1.29, 1.82) is 0 Å². The van der Waals surface area contributed by atoms with E-state index in [1.807, 2.05) is 28.8 Å². The number of hydrogen-bond acceptors (Lipinski definition) is 3. The summed E-state index contributed by atoms with van der Waals surface area (Å²) < 4.78 is 1.85. The molecule has 25 heavy (non-hydrogen) atoms. The Hall–Kier alpha value is -2.62. The molecule has 1 saturated heterocycles. The fraction of sp³-hybridized carbons (Fsp3) is 0.333. The van der Waals surface area contributed by atoms with Gasteiger partial charge in [-0.15, -0.1) is 0 Å². The van der Waals surface area contributed by atoms with Crippen LogP contribution in [-0.2, 0) is 0 Å². The Balaban J connectivity index is 1.64. The van der Waals surface area contributed by atoms with E-state index in [0.717, 1.165) is 31.3 Å². The Morgan fingerprint density at radius 2 is 1.84 bits per heavy atom. The second-order valence-electron chi connectivity index (χ2n) is 6.74. The Morgan fingerprint density at radius 3 is 2.64 bits per heavy atom. The van der Waals surface area contributed by atoms with E-state index in [-0.39, 0.29) is 11.6 Å². The zero-order valence-electron chi connectivity index (χ0n) is 14.5. The summed E-state index contributed by atoms with van der Waals surface area (Å²) in [6.45, 7) is 3.19. The van der Waals surface area contributed by atoms with E-state index in [9.17, 15) is 4.79 Å². The van der Waals surface area contributed by atoms with Crippen molar-refractivity contribution < 1.29 is 0 Å². The zero-order chi connectivity index (χ0) is 17.2. The van der Waals surface area contributed by atoms with Gasteiger partial charge in [0, 0.05) is 24.3 Å². The van der Waals surface area contributed by atoms with Gasteiger partial charge in [0.15, 0.2) is 0 Å². The SMILES string of the molecule is CCC1CC(n2cnc3ccccc3c2=O)CCN1c1ccccc1. The lowest BCUT2D eigenvalue weighted by atomic mass is 9.94. The molecule has 1 aliphatic rings. The first-order valence-electron chi connectivity index (χ1n) is 9.05. The summed E-state index contributed by atoms with van der Waals surface area (Å²) in [6.07, 6.45) is 4.75. The number of aromatic nitrogens is 2. The maximum atomic E-state index is 12.9. The van der Waals surface area contributed by atoms with E-state index in [0.29, 0.717) is 11.4 Å². The van der Waals surface area contributed by atoms with Gasteiger partial charge in [0.05, 0.1) is 17.2 Å². The predicted octanol–water partition coefficient (Wildman–Crippen LogP) is 4.02. The van der Waals surface area contributed by atoms with E-state index in [4.69, 9.17) is 0 Å². The second kappa shape index (κ2) is 6.71. The van der Waals surface area contributed by atoms with Gasteiger partial charge in [-0.1, -0.05) is 37.3 Å². The molecule has 2 aromatic carbocycles. The van der Waals surface area contributed by atoms with Crippen molar-refractivity contribution in [1.82, 2.24) is 9.55 Å². The molecule has 3 aromatic rings. The molecule has 0 aliphatic carbocycles. The number of rotatable bonds is 3. The molecule has 2 heterocycles. The highest BCUT2D eigenvalue weighted by atomic mass is 16.1. The molecule has 4 nitrogen and oxygen atoms in total. The largest absolute Gasteiger partial charge is 0.368 e. The van der Waals surface area contributed by atoms with Crippen LogP contribution in [0, 0.1) is 0 Å². The average molecular weight is 333 g/mol. The quantitative estimate of drug-likeness (QED) is 0.727. The van der Waals surface area contributed by atoms with E-state index in [1.165, 1.54) is 5.69 Å². The molecule has 4 heteroatoms. The number of para-hydroxylation sites is 2. The number of nitrogens with zero attached hydrogens (tertiary/aromatic N) is 3. The van der Waals surface area contributed by atoms with Crippen LogP contribution in [0.5, 0.6) is 0 Å². The van der Waals surface area contributed by atoms with Crippen molar-refractivity contribution >= 4 is 16.6 Å². The number of hydrogen-bond donors (Lipinski definition) is 0. The van der Waals surface area contributed by atoms with Crippen molar-refractivity contribution in [3.05, 3.63) is 71.3 Å². The monoisotopic (exact) mass is 333 g/mol. The minimum Gasteiger partial charge on any atom is -0.368 e. The van der Waals surface area contributed by atoms with E-state index < -0.39 is 0 Å². The van der Waals surface area contributed by atoms with E-state index >= 15 is 0 Å². The lowest BCUT2D eigenvalue weighted by molar-refractivity contribution is 0.325. The van der Waals surface area contributed by atoms with Crippen LogP contribution >= 0.6 is 0 Å². The van der Waals surface area contributed by atoms with Crippen molar-refractivity contribution in [2.45, 2.75) is 38.3 Å². The maximum absolute atomic E-state index is 12.9. The van der Waals surface area contributed by atoms with E-state index in [2.05, 4.69) is 47.1 Å². The number of fused-ring (bicyclic) bond motifs is 1. The molecule has 1 aromatic heterocycles. The standard InChI is InChI=1S/C21H23N3O/c1-2-16-14-18(12-13-23(16)17-8-4-3-5-9-17)24-15-22-20-11-7-6-10-19(20)21(24)25/h3-11,15-16,18H,2,12-14H2,1H3. The molecule has 4 rings (SSSR count). The van der Waals surface area contributed by atoms with Gasteiger partial charge in [0.25, 0.3) is 5.56 Å². The molecule has 0 radical (unpaired) electrons. The highest BCUT2D eigenvalue weighted by Gasteiger charge is 2.29. The van der Waals surface area contributed by atoms with Crippen molar-refractivity contribution in [2.75, 3.05) is 11.4 Å². The third-order valence-electron chi connectivity index (χ3n) is 5.33. The van der Waals surface area contributed by atoms with Crippen molar-refractivity contribution in [3.8, 4) is 0 Å². The lowest BCUT2D eigenvalue weighted by Gasteiger charge is -2.41. The fourth-order valence-electron chi connectivity index (χ4n) is 3.97. The van der Waals surface area contributed by atoms with Gasteiger partial charge in [-0.25, -0.2) is 4.98 Å². The summed E-state index contributed by atoms with van der Waals surface area (Å²) in [4.78, 5) is 19.9. The number of piperidine rings is 1. The van der Waals surface area contributed by atoms with Crippen molar-refractivity contribution in [3.63, 3.8) is 0 Å². The number of benzene rings is 2. The number of anilines is 1. The van der Waals surface area contributed by atoms with Crippen LogP contribution in [0.1, 0.15) is 32.2 Å². The molecular weight excluding hydrogens is 310 g/mol. The molecule has 0 amide bonds. The summed E-state index contributed by atoms with van der Waals surface area (Å²) in [7, 11) is 0. The molecule has 1 fully saturated rings. The first kappa shape index (κ1) is 15.9. The van der Waals surface area contributed by atoms with Crippen LogP contribution in [0.15, 0.2) is 65.7 Å². The van der Waals surface area contributed by atoms with Crippen molar-refractivity contribution in [2.24, 2.45) is 0 Å². The van der Waals surface area contributed by atoms with Crippen LogP contribution in [0.4, 0.5) is 5.69 Å². The van der Waals surface area contributed by atoms with Crippen LogP contribution in [0.2, 0.25) is 0 Å².